The van der Waals surface area contributed by atoms with Crippen LogP contribution in [-0.2, 0) is 21.2 Å². The van der Waals surface area contributed by atoms with E-state index in [0.717, 1.165) is 22.8 Å². The maximum atomic E-state index is 13.4. The van der Waals surface area contributed by atoms with Crippen molar-refractivity contribution in [1.82, 2.24) is 14.6 Å². The van der Waals surface area contributed by atoms with Crippen molar-refractivity contribution >= 4 is 27.3 Å². The molecule has 1 aliphatic heterocycles. The molecular formula is C18H21F2N3O3S2. The fourth-order valence-electron chi connectivity index (χ4n) is 3.13. The number of sulfonamides is 1. The van der Waals surface area contributed by atoms with Crippen LogP contribution in [0.5, 0.6) is 0 Å². The minimum atomic E-state index is -3.91. The van der Waals surface area contributed by atoms with Gasteiger partial charge in [-0.3, -0.25) is 4.79 Å². The minimum Gasteiger partial charge on any atom is -0.355 e. The van der Waals surface area contributed by atoms with Gasteiger partial charge in [0.1, 0.15) is 0 Å². The average molecular weight is 430 g/mol. The van der Waals surface area contributed by atoms with E-state index in [1.165, 1.54) is 4.31 Å². The fraction of sp³-hybridized carbons (Fsp3) is 0.444. The highest BCUT2D eigenvalue weighted by Gasteiger charge is 2.32. The molecule has 1 amide bonds. The lowest BCUT2D eigenvalue weighted by molar-refractivity contribution is -0.126. The number of hydrogen-bond donors (Lipinski definition) is 1. The van der Waals surface area contributed by atoms with Gasteiger partial charge in [-0.1, -0.05) is 0 Å². The molecule has 1 aromatic heterocycles. The minimum absolute atomic E-state index is 0.100. The number of piperidine rings is 1. The van der Waals surface area contributed by atoms with Gasteiger partial charge in [0.15, 0.2) is 11.6 Å². The molecule has 0 aliphatic carbocycles. The Labute approximate surface area is 166 Å². The van der Waals surface area contributed by atoms with E-state index in [-0.39, 0.29) is 29.8 Å². The Hall–Kier alpha value is -1.91. The Morgan fingerprint density at radius 2 is 2.00 bits per heavy atom. The number of thiazole rings is 1. The number of aryl methyl sites for hydroxylation is 1. The van der Waals surface area contributed by atoms with Crippen molar-refractivity contribution in [2.75, 3.05) is 19.6 Å². The van der Waals surface area contributed by atoms with Crippen LogP contribution in [0.2, 0.25) is 0 Å². The van der Waals surface area contributed by atoms with Crippen LogP contribution in [0.3, 0.4) is 0 Å². The molecule has 0 atom stereocenters. The predicted octanol–water partition coefficient (Wildman–Crippen LogP) is 2.49. The monoisotopic (exact) mass is 429 g/mol. The topological polar surface area (TPSA) is 79.4 Å². The van der Waals surface area contributed by atoms with Crippen LogP contribution in [0, 0.1) is 24.5 Å². The van der Waals surface area contributed by atoms with Gasteiger partial charge in [0.25, 0.3) is 0 Å². The lowest BCUT2D eigenvalue weighted by atomic mass is 9.97. The summed E-state index contributed by atoms with van der Waals surface area (Å²) in [4.78, 5) is 16.4. The average Bonchev–Trinajstić information content (AvgIpc) is 3.09. The summed E-state index contributed by atoms with van der Waals surface area (Å²) in [6, 6.07) is 2.53. The molecule has 152 valence electrons. The first-order valence-corrected chi connectivity index (χ1v) is 11.2. The van der Waals surface area contributed by atoms with E-state index >= 15 is 0 Å². The van der Waals surface area contributed by atoms with E-state index < -0.39 is 21.7 Å². The first-order valence-electron chi connectivity index (χ1n) is 8.91. The van der Waals surface area contributed by atoms with E-state index in [0.29, 0.717) is 31.9 Å². The van der Waals surface area contributed by atoms with E-state index in [4.69, 9.17) is 0 Å². The van der Waals surface area contributed by atoms with Gasteiger partial charge in [0.05, 0.1) is 15.6 Å². The number of benzene rings is 1. The van der Waals surface area contributed by atoms with Crippen LogP contribution in [0.4, 0.5) is 8.78 Å². The van der Waals surface area contributed by atoms with Crippen molar-refractivity contribution in [3.63, 3.8) is 0 Å². The second-order valence-electron chi connectivity index (χ2n) is 6.65. The lowest BCUT2D eigenvalue weighted by Crippen LogP contribution is -2.43. The molecule has 6 nitrogen and oxygen atoms in total. The highest BCUT2D eigenvalue weighted by atomic mass is 32.2. The van der Waals surface area contributed by atoms with E-state index in [1.54, 1.807) is 11.3 Å². The Bertz CT molecular complexity index is 955. The van der Waals surface area contributed by atoms with Crippen LogP contribution in [-0.4, -0.2) is 43.2 Å². The van der Waals surface area contributed by atoms with Crippen LogP contribution in [0.1, 0.15) is 23.5 Å². The molecule has 2 aromatic rings. The number of amides is 1. The first-order chi connectivity index (χ1) is 13.3. The summed E-state index contributed by atoms with van der Waals surface area (Å²) in [5.74, 6) is -2.67. The van der Waals surface area contributed by atoms with E-state index in [1.807, 2.05) is 12.3 Å². The smallest absolute Gasteiger partial charge is 0.243 e. The molecule has 1 N–H and O–H groups in total. The van der Waals surface area contributed by atoms with Gasteiger partial charge in [0.2, 0.25) is 15.9 Å². The molecule has 1 aliphatic rings. The molecule has 0 saturated carbocycles. The number of carbonyl (C=O) groups excluding carboxylic acids is 1. The Kier molecular flexibility index (Phi) is 6.41. The van der Waals surface area contributed by atoms with Crippen molar-refractivity contribution in [3.05, 3.63) is 45.9 Å². The second-order valence-corrected chi connectivity index (χ2v) is 9.65. The van der Waals surface area contributed by atoms with Gasteiger partial charge < -0.3 is 5.32 Å². The zero-order valence-corrected chi connectivity index (χ0v) is 17.0. The molecular weight excluding hydrogens is 408 g/mol. The number of nitrogens with one attached hydrogen (secondary N) is 1. The molecule has 0 unspecified atom stereocenters. The van der Waals surface area contributed by atoms with Gasteiger partial charge in [-0.05, 0) is 38.0 Å². The number of halogens is 2. The second kappa shape index (κ2) is 8.62. The molecule has 0 spiro atoms. The first kappa shape index (κ1) is 20.8. The van der Waals surface area contributed by atoms with Crippen molar-refractivity contribution in [3.8, 4) is 0 Å². The van der Waals surface area contributed by atoms with Crippen molar-refractivity contribution in [1.29, 1.82) is 0 Å². The van der Waals surface area contributed by atoms with Gasteiger partial charge in [0, 0.05) is 37.4 Å². The maximum absolute atomic E-state index is 13.4. The van der Waals surface area contributed by atoms with Crippen molar-refractivity contribution < 1.29 is 22.0 Å². The number of nitrogens with zero attached hydrogens (tertiary/aromatic N) is 2. The number of hydrogen-bond acceptors (Lipinski definition) is 5. The summed E-state index contributed by atoms with van der Waals surface area (Å²) in [6.45, 7) is 2.72. The van der Waals surface area contributed by atoms with Gasteiger partial charge in [-0.25, -0.2) is 22.2 Å². The molecule has 1 aromatic carbocycles. The quantitative estimate of drug-likeness (QED) is 0.765. The lowest BCUT2D eigenvalue weighted by Gasteiger charge is -2.30. The summed E-state index contributed by atoms with van der Waals surface area (Å²) in [7, 11) is -3.91. The standard InChI is InChI=1S/C18H21F2N3O3S2/c1-12-22-14(11-27-12)4-7-21-18(24)13-5-8-23(9-6-13)28(25,26)15-2-3-16(19)17(20)10-15/h2-3,10-11,13H,4-9H2,1H3,(H,21,24). The Morgan fingerprint density at radius 1 is 1.29 bits per heavy atom. The van der Waals surface area contributed by atoms with E-state index in [9.17, 15) is 22.0 Å². The highest BCUT2D eigenvalue weighted by molar-refractivity contribution is 7.89. The largest absolute Gasteiger partial charge is 0.355 e. The van der Waals surface area contributed by atoms with Gasteiger partial charge in [-0.2, -0.15) is 4.31 Å². The summed E-state index contributed by atoms with van der Waals surface area (Å²) in [5, 5.41) is 5.82. The molecule has 10 heteroatoms. The van der Waals surface area contributed by atoms with Crippen molar-refractivity contribution in [2.45, 2.75) is 31.1 Å². The van der Waals surface area contributed by atoms with Crippen LogP contribution in [0.25, 0.3) is 0 Å². The number of carbonyl (C=O) groups is 1. The fourth-order valence-corrected chi connectivity index (χ4v) is 5.26. The molecule has 3 rings (SSSR count). The summed E-state index contributed by atoms with van der Waals surface area (Å²) >= 11 is 1.56. The zero-order valence-electron chi connectivity index (χ0n) is 15.3. The number of rotatable bonds is 6. The summed E-state index contributed by atoms with van der Waals surface area (Å²) in [6.07, 6.45) is 1.41. The SMILES string of the molecule is Cc1nc(CCNC(=O)C2CCN(S(=O)(=O)c3ccc(F)c(F)c3)CC2)cs1. The molecule has 28 heavy (non-hydrogen) atoms. The molecule has 2 heterocycles. The third-order valence-electron chi connectivity index (χ3n) is 4.70. The molecule has 1 fully saturated rings. The van der Waals surface area contributed by atoms with Gasteiger partial charge in [-0.15, -0.1) is 11.3 Å². The molecule has 0 radical (unpaired) electrons. The third-order valence-corrected chi connectivity index (χ3v) is 7.42. The van der Waals surface area contributed by atoms with Crippen LogP contribution in [0.15, 0.2) is 28.5 Å². The van der Waals surface area contributed by atoms with Crippen LogP contribution >= 0.6 is 11.3 Å². The highest BCUT2D eigenvalue weighted by Crippen LogP contribution is 2.25. The normalized spacial score (nSPS) is 16.2. The van der Waals surface area contributed by atoms with Crippen molar-refractivity contribution in [2.24, 2.45) is 5.92 Å². The molecule has 1 saturated heterocycles. The summed E-state index contributed by atoms with van der Waals surface area (Å²) < 4.78 is 52.8. The molecule has 0 bridgehead atoms. The van der Waals surface area contributed by atoms with Gasteiger partial charge >= 0.3 is 0 Å². The predicted molar refractivity (Wildman–Crippen MR) is 101 cm³/mol. The third kappa shape index (κ3) is 4.73. The van der Waals surface area contributed by atoms with E-state index in [2.05, 4.69) is 10.3 Å². The number of aromatic nitrogens is 1. The Morgan fingerprint density at radius 3 is 2.61 bits per heavy atom. The van der Waals surface area contributed by atoms with Crippen LogP contribution < -0.4 is 5.32 Å². The summed E-state index contributed by atoms with van der Waals surface area (Å²) in [5.41, 5.74) is 0.940. The Balaban J connectivity index is 1.51. The maximum Gasteiger partial charge on any atom is 0.243 e. The zero-order chi connectivity index (χ0) is 20.3.